The Kier molecular flexibility index (Phi) is 4.25. The lowest BCUT2D eigenvalue weighted by atomic mass is 10.1. The van der Waals surface area contributed by atoms with Gasteiger partial charge in [0.15, 0.2) is 5.78 Å². The molecule has 0 fully saturated rings. The number of hydrogen-bond donors (Lipinski definition) is 0. The molecule has 1 atom stereocenters. The third-order valence-electron chi connectivity index (χ3n) is 2.92. The maximum atomic E-state index is 12.0. The molecule has 1 aromatic heterocycles. The SMILES string of the molecule is CC(=O)c1ccc(C(=O)O[C@H](C)c2ccccn2)cc1. The van der Waals surface area contributed by atoms with Crippen LogP contribution < -0.4 is 0 Å². The Bertz CT molecular complexity index is 605. The molecule has 2 aromatic rings. The summed E-state index contributed by atoms with van der Waals surface area (Å²) in [7, 11) is 0. The molecule has 0 saturated heterocycles. The van der Waals surface area contributed by atoms with Gasteiger partial charge >= 0.3 is 5.97 Å². The van der Waals surface area contributed by atoms with Gasteiger partial charge in [0.25, 0.3) is 0 Å². The highest BCUT2D eigenvalue weighted by Crippen LogP contribution is 2.16. The Balaban J connectivity index is 2.06. The Morgan fingerprint density at radius 1 is 1.05 bits per heavy atom. The molecular formula is C16H15NO3. The molecule has 0 unspecified atom stereocenters. The van der Waals surface area contributed by atoms with Gasteiger partial charge < -0.3 is 4.74 Å². The normalized spacial score (nSPS) is 11.7. The van der Waals surface area contributed by atoms with E-state index < -0.39 is 12.1 Å². The summed E-state index contributed by atoms with van der Waals surface area (Å²) in [6.07, 6.45) is 1.23. The van der Waals surface area contributed by atoms with Crippen molar-refractivity contribution < 1.29 is 14.3 Å². The molecular weight excluding hydrogens is 254 g/mol. The molecule has 0 radical (unpaired) electrons. The number of ketones is 1. The number of rotatable bonds is 4. The van der Waals surface area contributed by atoms with Crippen LogP contribution in [0.5, 0.6) is 0 Å². The summed E-state index contributed by atoms with van der Waals surface area (Å²) in [5.41, 5.74) is 1.68. The van der Waals surface area contributed by atoms with Crippen LogP contribution in [0.4, 0.5) is 0 Å². The van der Waals surface area contributed by atoms with Crippen molar-refractivity contribution in [3.63, 3.8) is 0 Å². The Morgan fingerprint density at radius 3 is 2.25 bits per heavy atom. The van der Waals surface area contributed by atoms with Gasteiger partial charge in [0.2, 0.25) is 0 Å². The molecule has 4 nitrogen and oxygen atoms in total. The topological polar surface area (TPSA) is 56.3 Å². The van der Waals surface area contributed by atoms with Crippen molar-refractivity contribution in [3.05, 3.63) is 65.5 Å². The van der Waals surface area contributed by atoms with Crippen LogP contribution in [0.1, 0.15) is 46.4 Å². The van der Waals surface area contributed by atoms with Crippen molar-refractivity contribution in [2.24, 2.45) is 0 Å². The maximum absolute atomic E-state index is 12.0. The van der Waals surface area contributed by atoms with Gasteiger partial charge in [-0.1, -0.05) is 18.2 Å². The number of pyridine rings is 1. The van der Waals surface area contributed by atoms with E-state index in [1.54, 1.807) is 49.5 Å². The van der Waals surface area contributed by atoms with Crippen molar-refractivity contribution in [3.8, 4) is 0 Å². The average Bonchev–Trinajstić information content (AvgIpc) is 2.48. The first-order valence-corrected chi connectivity index (χ1v) is 6.31. The zero-order chi connectivity index (χ0) is 14.5. The van der Waals surface area contributed by atoms with Gasteiger partial charge in [-0.15, -0.1) is 0 Å². The molecule has 0 aliphatic heterocycles. The molecule has 1 aromatic carbocycles. The fourth-order valence-electron chi connectivity index (χ4n) is 1.75. The summed E-state index contributed by atoms with van der Waals surface area (Å²) in [6.45, 7) is 3.25. The quantitative estimate of drug-likeness (QED) is 0.631. The van der Waals surface area contributed by atoms with E-state index in [1.165, 1.54) is 6.92 Å². The van der Waals surface area contributed by atoms with Gasteiger partial charge in [0, 0.05) is 11.8 Å². The molecule has 0 spiro atoms. The molecule has 0 aliphatic carbocycles. The molecule has 4 heteroatoms. The Labute approximate surface area is 117 Å². The monoisotopic (exact) mass is 269 g/mol. The third kappa shape index (κ3) is 3.29. The third-order valence-corrected chi connectivity index (χ3v) is 2.92. The summed E-state index contributed by atoms with van der Waals surface area (Å²) < 4.78 is 5.34. The zero-order valence-corrected chi connectivity index (χ0v) is 11.4. The minimum Gasteiger partial charge on any atom is -0.453 e. The molecule has 2 rings (SSSR count). The molecule has 0 aliphatic rings. The van der Waals surface area contributed by atoms with Crippen LogP contribution in [0.3, 0.4) is 0 Å². The molecule has 0 amide bonds. The molecule has 102 valence electrons. The lowest BCUT2D eigenvalue weighted by Gasteiger charge is -2.12. The maximum Gasteiger partial charge on any atom is 0.338 e. The number of nitrogens with zero attached hydrogens (tertiary/aromatic N) is 1. The number of aromatic nitrogens is 1. The summed E-state index contributed by atoms with van der Waals surface area (Å²) in [5, 5.41) is 0. The van der Waals surface area contributed by atoms with Crippen molar-refractivity contribution in [2.75, 3.05) is 0 Å². The van der Waals surface area contributed by atoms with Crippen LogP contribution in [-0.4, -0.2) is 16.7 Å². The van der Waals surface area contributed by atoms with Crippen molar-refractivity contribution in [1.82, 2.24) is 4.98 Å². The standard InChI is InChI=1S/C16H15NO3/c1-11(18)13-6-8-14(9-7-13)16(19)20-12(2)15-5-3-4-10-17-15/h3-10,12H,1-2H3/t12-/m1/s1. The van der Waals surface area contributed by atoms with E-state index in [9.17, 15) is 9.59 Å². The first-order valence-electron chi connectivity index (χ1n) is 6.31. The van der Waals surface area contributed by atoms with Crippen LogP contribution >= 0.6 is 0 Å². The minimum atomic E-state index is -0.432. The highest BCUT2D eigenvalue weighted by atomic mass is 16.5. The van der Waals surface area contributed by atoms with E-state index >= 15 is 0 Å². The van der Waals surface area contributed by atoms with E-state index in [0.717, 1.165) is 0 Å². The van der Waals surface area contributed by atoms with Crippen LogP contribution in [0.15, 0.2) is 48.7 Å². The number of benzene rings is 1. The van der Waals surface area contributed by atoms with Crippen LogP contribution in [0.25, 0.3) is 0 Å². The summed E-state index contributed by atoms with van der Waals surface area (Å²) in [4.78, 5) is 27.3. The van der Waals surface area contributed by atoms with Crippen molar-refractivity contribution >= 4 is 11.8 Å². The van der Waals surface area contributed by atoms with E-state index in [1.807, 2.05) is 6.07 Å². The predicted octanol–water partition coefficient (Wildman–Crippen LogP) is 3.20. The van der Waals surface area contributed by atoms with Crippen LogP contribution in [-0.2, 0) is 4.74 Å². The number of ether oxygens (including phenoxy) is 1. The van der Waals surface area contributed by atoms with E-state index in [2.05, 4.69) is 4.98 Å². The van der Waals surface area contributed by atoms with E-state index in [4.69, 9.17) is 4.74 Å². The fourth-order valence-corrected chi connectivity index (χ4v) is 1.75. The van der Waals surface area contributed by atoms with Gasteiger partial charge in [0.1, 0.15) is 6.10 Å². The van der Waals surface area contributed by atoms with Gasteiger partial charge in [-0.2, -0.15) is 0 Å². The number of hydrogen-bond acceptors (Lipinski definition) is 4. The summed E-state index contributed by atoms with van der Waals surface area (Å²) in [6, 6.07) is 11.9. The van der Waals surface area contributed by atoms with Crippen molar-refractivity contribution in [1.29, 1.82) is 0 Å². The van der Waals surface area contributed by atoms with Gasteiger partial charge in [-0.05, 0) is 38.1 Å². The number of carbonyl (C=O) groups excluding carboxylic acids is 2. The average molecular weight is 269 g/mol. The van der Waals surface area contributed by atoms with Gasteiger partial charge in [-0.3, -0.25) is 9.78 Å². The molecule has 0 saturated carbocycles. The van der Waals surface area contributed by atoms with E-state index in [-0.39, 0.29) is 5.78 Å². The molecule has 20 heavy (non-hydrogen) atoms. The molecule has 1 heterocycles. The highest BCUT2D eigenvalue weighted by Gasteiger charge is 2.14. The lowest BCUT2D eigenvalue weighted by Crippen LogP contribution is -2.10. The number of carbonyl (C=O) groups is 2. The number of esters is 1. The second-order valence-corrected chi connectivity index (χ2v) is 4.44. The van der Waals surface area contributed by atoms with Crippen LogP contribution in [0.2, 0.25) is 0 Å². The second-order valence-electron chi connectivity index (χ2n) is 4.44. The minimum absolute atomic E-state index is 0.0354. The van der Waals surface area contributed by atoms with Gasteiger partial charge in [0.05, 0.1) is 11.3 Å². The molecule has 0 bridgehead atoms. The Hall–Kier alpha value is -2.49. The van der Waals surface area contributed by atoms with E-state index in [0.29, 0.717) is 16.8 Å². The Morgan fingerprint density at radius 2 is 1.70 bits per heavy atom. The zero-order valence-electron chi connectivity index (χ0n) is 11.4. The van der Waals surface area contributed by atoms with Crippen LogP contribution in [0, 0.1) is 0 Å². The largest absolute Gasteiger partial charge is 0.453 e. The van der Waals surface area contributed by atoms with Crippen molar-refractivity contribution in [2.45, 2.75) is 20.0 Å². The summed E-state index contributed by atoms with van der Waals surface area (Å²) >= 11 is 0. The highest BCUT2D eigenvalue weighted by molar-refractivity contribution is 5.96. The summed E-state index contributed by atoms with van der Waals surface area (Å²) in [5.74, 6) is -0.468. The first kappa shape index (κ1) is 13.9. The predicted molar refractivity (Wildman–Crippen MR) is 74.5 cm³/mol. The number of Topliss-reactive ketones (excluding diaryl/α,β-unsaturated/α-hetero) is 1. The smallest absolute Gasteiger partial charge is 0.338 e. The molecule has 0 N–H and O–H groups in total. The fraction of sp³-hybridized carbons (Fsp3) is 0.188. The second kappa shape index (κ2) is 6.10. The lowest BCUT2D eigenvalue weighted by molar-refractivity contribution is 0.0329. The first-order chi connectivity index (χ1) is 9.58. The van der Waals surface area contributed by atoms with Gasteiger partial charge in [-0.25, -0.2) is 4.79 Å².